The average molecular weight is 432 g/mol. The smallest absolute Gasteiger partial charge is 0.287 e. The molecule has 5 rings (SSSR count). The third-order valence-corrected chi connectivity index (χ3v) is 6.91. The van der Waals surface area contributed by atoms with Gasteiger partial charge in [-0.2, -0.15) is 0 Å². The number of fused-ring (bicyclic) bond motifs is 3. The van der Waals surface area contributed by atoms with Gasteiger partial charge in [-0.25, -0.2) is 0 Å². The predicted molar refractivity (Wildman–Crippen MR) is 123 cm³/mol. The summed E-state index contributed by atoms with van der Waals surface area (Å²) in [6.07, 6.45) is 7.61. The van der Waals surface area contributed by atoms with E-state index in [0.717, 1.165) is 32.1 Å². The number of furan rings is 1. The summed E-state index contributed by atoms with van der Waals surface area (Å²) in [5.74, 6) is 0.742. The molecule has 1 amide bonds. The van der Waals surface area contributed by atoms with E-state index in [4.69, 9.17) is 9.15 Å². The van der Waals surface area contributed by atoms with E-state index >= 15 is 0 Å². The van der Waals surface area contributed by atoms with E-state index in [9.17, 15) is 9.59 Å². The minimum absolute atomic E-state index is 0.0960. The van der Waals surface area contributed by atoms with Gasteiger partial charge in [0.2, 0.25) is 0 Å². The maximum absolute atomic E-state index is 13.3. The highest BCUT2D eigenvalue weighted by molar-refractivity contribution is 6.13. The molecule has 5 heteroatoms. The Morgan fingerprint density at radius 1 is 1.03 bits per heavy atom. The van der Waals surface area contributed by atoms with E-state index < -0.39 is 0 Å². The van der Waals surface area contributed by atoms with Gasteiger partial charge in [0, 0.05) is 17.5 Å². The highest BCUT2D eigenvalue weighted by Gasteiger charge is 2.42. The van der Waals surface area contributed by atoms with Crippen molar-refractivity contribution >= 4 is 22.7 Å². The van der Waals surface area contributed by atoms with Crippen molar-refractivity contribution in [1.29, 1.82) is 0 Å². The first-order valence-corrected chi connectivity index (χ1v) is 11.7. The van der Waals surface area contributed by atoms with Crippen molar-refractivity contribution in [3.63, 3.8) is 0 Å². The zero-order valence-electron chi connectivity index (χ0n) is 18.5. The number of aryl methyl sites for hydroxylation is 1. The second-order valence-corrected chi connectivity index (χ2v) is 9.16. The summed E-state index contributed by atoms with van der Waals surface area (Å²) in [6, 6.07) is 13.7. The first kappa shape index (κ1) is 20.8. The number of benzene rings is 2. The van der Waals surface area contributed by atoms with Crippen LogP contribution in [-0.2, 0) is 6.42 Å². The highest BCUT2D eigenvalue weighted by atomic mass is 16.5. The lowest BCUT2D eigenvalue weighted by molar-refractivity contribution is 0.0301. The number of ether oxygens (including phenoxy) is 1. The van der Waals surface area contributed by atoms with Crippen molar-refractivity contribution in [2.45, 2.75) is 63.9 Å². The van der Waals surface area contributed by atoms with Crippen LogP contribution in [0.4, 0.5) is 0 Å². The second kappa shape index (κ2) is 8.45. The number of carbonyl (C=O) groups is 2. The summed E-state index contributed by atoms with van der Waals surface area (Å²) < 4.78 is 12.4. The maximum atomic E-state index is 13.3. The lowest BCUT2D eigenvalue weighted by Gasteiger charge is -2.37. The normalized spacial score (nSPS) is 17.6. The van der Waals surface area contributed by atoms with Gasteiger partial charge in [-0.1, -0.05) is 43.2 Å². The Bertz CT molecular complexity index is 1150. The van der Waals surface area contributed by atoms with Gasteiger partial charge in [-0.15, -0.1) is 0 Å². The lowest BCUT2D eigenvalue weighted by atomic mass is 9.83. The Labute approximate surface area is 188 Å². The Balaban J connectivity index is 1.40. The van der Waals surface area contributed by atoms with E-state index in [1.807, 2.05) is 49.4 Å². The molecule has 0 unspecified atom stereocenters. The van der Waals surface area contributed by atoms with Crippen LogP contribution in [-0.4, -0.2) is 23.8 Å². The van der Waals surface area contributed by atoms with Crippen LogP contribution in [0.15, 0.2) is 46.9 Å². The first-order chi connectivity index (χ1) is 15.6. The van der Waals surface area contributed by atoms with Crippen LogP contribution in [0.3, 0.4) is 0 Å². The summed E-state index contributed by atoms with van der Waals surface area (Å²) in [6.45, 7) is 2.36. The van der Waals surface area contributed by atoms with E-state index in [0.29, 0.717) is 40.8 Å². The molecular formula is C27H29NO4. The molecule has 1 N–H and O–H groups in total. The average Bonchev–Trinajstić information content (AvgIpc) is 2.97. The summed E-state index contributed by atoms with van der Waals surface area (Å²) in [7, 11) is 0. The largest absolute Gasteiger partial charge is 0.486 e. The summed E-state index contributed by atoms with van der Waals surface area (Å²) >= 11 is 0. The van der Waals surface area contributed by atoms with Crippen molar-refractivity contribution < 1.29 is 18.7 Å². The molecule has 1 aromatic heterocycles. The van der Waals surface area contributed by atoms with Gasteiger partial charge < -0.3 is 14.5 Å². The van der Waals surface area contributed by atoms with Crippen molar-refractivity contribution in [1.82, 2.24) is 5.32 Å². The molecule has 2 heterocycles. The van der Waals surface area contributed by atoms with Crippen LogP contribution in [0.5, 0.6) is 5.75 Å². The van der Waals surface area contributed by atoms with Gasteiger partial charge >= 0.3 is 0 Å². The molecule has 2 aromatic carbocycles. The third-order valence-electron chi connectivity index (χ3n) is 6.91. The van der Waals surface area contributed by atoms with Crippen LogP contribution in [0.1, 0.15) is 77.0 Å². The molecule has 1 aliphatic carbocycles. The number of ketones is 1. The number of nitrogens with one attached hydrogen (secondary N) is 1. The standard InChI is InChI=1S/C27H29NO4/c1-18-23-21(31-25(18)26(30)28-16-13-19-9-5-4-6-10-19)11-12-22-24(23)20(29)17-27(32-22)14-7-2-3-8-15-27/h4-6,9-12H,2-3,7-8,13-17H2,1H3,(H,28,30). The maximum Gasteiger partial charge on any atom is 0.287 e. The molecule has 1 aliphatic heterocycles. The number of hydrogen-bond acceptors (Lipinski definition) is 4. The minimum atomic E-state index is -0.371. The minimum Gasteiger partial charge on any atom is -0.486 e. The zero-order valence-corrected chi connectivity index (χ0v) is 18.5. The molecule has 2 aliphatic rings. The number of hydrogen-bond donors (Lipinski definition) is 1. The monoisotopic (exact) mass is 431 g/mol. The number of carbonyl (C=O) groups excluding carboxylic acids is 2. The van der Waals surface area contributed by atoms with Crippen molar-refractivity contribution in [3.8, 4) is 5.75 Å². The van der Waals surface area contributed by atoms with Gasteiger partial charge in [-0.05, 0) is 56.7 Å². The van der Waals surface area contributed by atoms with Gasteiger partial charge in [0.1, 0.15) is 16.9 Å². The molecule has 0 radical (unpaired) electrons. The Hall–Kier alpha value is -3.08. The van der Waals surface area contributed by atoms with Crippen LogP contribution in [0.2, 0.25) is 0 Å². The Kier molecular flexibility index (Phi) is 5.50. The van der Waals surface area contributed by atoms with Crippen molar-refractivity contribution in [2.24, 2.45) is 0 Å². The SMILES string of the molecule is Cc1c(C(=O)NCCc2ccccc2)oc2ccc3c(c12)C(=O)CC1(CCCCCC1)O3. The lowest BCUT2D eigenvalue weighted by Crippen LogP contribution is -2.41. The fourth-order valence-corrected chi connectivity index (χ4v) is 5.25. The van der Waals surface area contributed by atoms with E-state index in [2.05, 4.69) is 5.32 Å². The molecule has 1 spiro atoms. The van der Waals surface area contributed by atoms with Gasteiger partial charge in [0.05, 0.1) is 12.0 Å². The van der Waals surface area contributed by atoms with Gasteiger partial charge in [-0.3, -0.25) is 9.59 Å². The Morgan fingerprint density at radius 2 is 1.78 bits per heavy atom. The molecule has 0 bridgehead atoms. The molecule has 166 valence electrons. The predicted octanol–water partition coefficient (Wildman–Crippen LogP) is 5.77. The van der Waals surface area contributed by atoms with E-state index in [-0.39, 0.29) is 23.1 Å². The van der Waals surface area contributed by atoms with Crippen LogP contribution < -0.4 is 10.1 Å². The number of Topliss-reactive ketones (excluding diaryl/α,β-unsaturated/α-hetero) is 1. The summed E-state index contributed by atoms with van der Waals surface area (Å²) in [4.78, 5) is 26.2. The van der Waals surface area contributed by atoms with Gasteiger partial charge in [0.15, 0.2) is 11.5 Å². The second-order valence-electron chi connectivity index (χ2n) is 9.16. The molecule has 5 nitrogen and oxygen atoms in total. The van der Waals surface area contributed by atoms with Crippen LogP contribution in [0.25, 0.3) is 11.0 Å². The topological polar surface area (TPSA) is 68.5 Å². The molecule has 32 heavy (non-hydrogen) atoms. The number of rotatable bonds is 4. The summed E-state index contributed by atoms with van der Waals surface area (Å²) in [5.41, 5.74) is 2.62. The molecule has 0 saturated heterocycles. The molecule has 3 aromatic rings. The van der Waals surface area contributed by atoms with Gasteiger partial charge in [0.25, 0.3) is 5.91 Å². The molecule has 0 atom stereocenters. The van der Waals surface area contributed by atoms with Crippen molar-refractivity contribution in [2.75, 3.05) is 6.54 Å². The van der Waals surface area contributed by atoms with E-state index in [1.165, 1.54) is 18.4 Å². The fourth-order valence-electron chi connectivity index (χ4n) is 5.25. The quantitative estimate of drug-likeness (QED) is 0.569. The molecule has 1 fully saturated rings. The van der Waals surface area contributed by atoms with Crippen LogP contribution in [0, 0.1) is 6.92 Å². The van der Waals surface area contributed by atoms with Crippen molar-refractivity contribution in [3.05, 3.63) is 64.9 Å². The summed E-state index contributed by atoms with van der Waals surface area (Å²) in [5, 5.41) is 3.66. The highest BCUT2D eigenvalue weighted by Crippen LogP contribution is 2.44. The zero-order chi connectivity index (χ0) is 22.1. The van der Waals surface area contributed by atoms with E-state index in [1.54, 1.807) is 0 Å². The number of amides is 1. The fraction of sp³-hybridized carbons (Fsp3) is 0.407. The van der Waals surface area contributed by atoms with Crippen LogP contribution >= 0.6 is 0 Å². The third kappa shape index (κ3) is 3.81. The molecule has 1 saturated carbocycles. The molecular weight excluding hydrogens is 402 g/mol. The Morgan fingerprint density at radius 3 is 2.53 bits per heavy atom. The first-order valence-electron chi connectivity index (χ1n) is 11.7.